The monoisotopic (exact) mass is 131 g/mol. The van der Waals surface area contributed by atoms with Crippen LogP contribution in [0.25, 0.3) is 0 Å². The van der Waals surface area contributed by atoms with Gasteiger partial charge >= 0.3 is 5.97 Å². The molecule has 0 fully saturated rings. The largest absolute Gasteiger partial charge is 0.368 e. The summed E-state index contributed by atoms with van der Waals surface area (Å²) in [6.07, 6.45) is 0.264. The highest BCUT2D eigenvalue weighted by Gasteiger charge is 1.96. The molecule has 5 heteroatoms. The van der Waals surface area contributed by atoms with Crippen molar-refractivity contribution < 1.29 is 9.63 Å². The molecule has 0 aromatic rings. The zero-order chi connectivity index (χ0) is 7.28. The van der Waals surface area contributed by atoms with Crippen molar-refractivity contribution in [3.05, 3.63) is 0 Å². The van der Waals surface area contributed by atoms with Crippen LogP contribution in [0.1, 0.15) is 13.3 Å². The molecule has 0 bridgehead atoms. The van der Waals surface area contributed by atoms with Gasteiger partial charge in [0.05, 0.1) is 0 Å². The van der Waals surface area contributed by atoms with E-state index >= 15 is 0 Å². The van der Waals surface area contributed by atoms with E-state index in [-0.39, 0.29) is 12.4 Å². The number of rotatable bonds is 1. The Kier molecular flexibility index (Phi) is 3.19. The van der Waals surface area contributed by atoms with Crippen LogP contribution in [-0.4, -0.2) is 11.9 Å². The molecule has 0 amide bonds. The summed E-state index contributed by atoms with van der Waals surface area (Å²) in [4.78, 5) is 14.5. The molecule has 0 spiro atoms. The fourth-order valence-electron chi connectivity index (χ4n) is 0.184. The molecule has 0 saturated heterocycles. The Hall–Kier alpha value is -1.26. The van der Waals surface area contributed by atoms with E-state index in [4.69, 9.17) is 11.1 Å². The van der Waals surface area contributed by atoms with Gasteiger partial charge in [0, 0.05) is 6.42 Å². The second kappa shape index (κ2) is 3.71. The van der Waals surface area contributed by atoms with Crippen LogP contribution >= 0.6 is 0 Å². The maximum absolute atomic E-state index is 10.3. The molecule has 0 aliphatic heterocycles. The topological polar surface area (TPSA) is 88.2 Å². The predicted octanol–water partition coefficient (Wildman–Crippen LogP) is -0.662. The first-order valence-electron chi connectivity index (χ1n) is 2.46. The van der Waals surface area contributed by atoms with Gasteiger partial charge in [0.1, 0.15) is 0 Å². The molecule has 0 aromatic heterocycles. The quantitative estimate of drug-likeness (QED) is 0.250. The van der Waals surface area contributed by atoms with Gasteiger partial charge in [0.25, 0.3) is 0 Å². The minimum Gasteiger partial charge on any atom is -0.368 e. The third-order valence-corrected chi connectivity index (χ3v) is 0.563. The molecule has 9 heavy (non-hydrogen) atoms. The van der Waals surface area contributed by atoms with Crippen molar-refractivity contribution in [1.82, 2.24) is 5.48 Å². The van der Waals surface area contributed by atoms with Crippen LogP contribution in [0.2, 0.25) is 0 Å². The zero-order valence-corrected chi connectivity index (χ0v) is 5.10. The number of guanidine groups is 1. The standard InChI is InChI=1S/C4H9N3O2/c1-2-3(8)9-7-4(5)6/h2H2,1H3,(H4,5,6,7). The lowest BCUT2D eigenvalue weighted by atomic mass is 10.5. The van der Waals surface area contributed by atoms with Crippen molar-refractivity contribution >= 4 is 11.9 Å². The molecule has 0 heterocycles. The summed E-state index contributed by atoms with van der Waals surface area (Å²) < 4.78 is 0. The average molecular weight is 131 g/mol. The van der Waals surface area contributed by atoms with Crippen LogP contribution < -0.4 is 11.2 Å². The average Bonchev–Trinajstić information content (AvgIpc) is 1.83. The molecule has 5 nitrogen and oxygen atoms in total. The Balaban J connectivity index is 3.28. The van der Waals surface area contributed by atoms with E-state index < -0.39 is 5.97 Å². The lowest BCUT2D eigenvalue weighted by Crippen LogP contribution is -2.32. The Morgan fingerprint density at radius 1 is 1.89 bits per heavy atom. The molecule has 0 aliphatic rings. The van der Waals surface area contributed by atoms with Gasteiger partial charge in [-0.3, -0.25) is 5.41 Å². The molecule has 0 aromatic carbocycles. The van der Waals surface area contributed by atoms with Gasteiger partial charge in [-0.1, -0.05) is 6.92 Å². The molecule has 0 radical (unpaired) electrons. The lowest BCUT2D eigenvalue weighted by molar-refractivity contribution is -0.147. The number of carbonyl (C=O) groups is 1. The van der Waals surface area contributed by atoms with Crippen molar-refractivity contribution in [2.24, 2.45) is 5.73 Å². The van der Waals surface area contributed by atoms with Crippen LogP contribution in [0.15, 0.2) is 0 Å². The van der Waals surface area contributed by atoms with E-state index in [1.165, 1.54) is 0 Å². The van der Waals surface area contributed by atoms with Crippen molar-refractivity contribution in [2.45, 2.75) is 13.3 Å². The minimum absolute atomic E-state index is 0.264. The van der Waals surface area contributed by atoms with E-state index in [0.717, 1.165) is 0 Å². The van der Waals surface area contributed by atoms with Crippen molar-refractivity contribution in [3.63, 3.8) is 0 Å². The lowest BCUT2D eigenvalue weighted by Gasteiger charge is -2.00. The second-order valence-electron chi connectivity index (χ2n) is 1.34. The summed E-state index contributed by atoms with van der Waals surface area (Å²) in [5.74, 6) is -0.818. The first kappa shape index (κ1) is 7.74. The summed E-state index contributed by atoms with van der Waals surface area (Å²) in [5, 5.41) is 6.55. The molecular formula is C4H9N3O2. The first-order chi connectivity index (χ1) is 4.16. The fraction of sp³-hybridized carbons (Fsp3) is 0.500. The Labute approximate surface area is 52.6 Å². The van der Waals surface area contributed by atoms with Crippen molar-refractivity contribution in [3.8, 4) is 0 Å². The van der Waals surface area contributed by atoms with Crippen LogP contribution in [0.4, 0.5) is 0 Å². The molecule has 0 saturated carbocycles. The zero-order valence-electron chi connectivity index (χ0n) is 5.10. The van der Waals surface area contributed by atoms with E-state index in [1.54, 1.807) is 6.92 Å². The second-order valence-corrected chi connectivity index (χ2v) is 1.34. The maximum Gasteiger partial charge on any atom is 0.331 e. The normalized spacial score (nSPS) is 8.11. The summed E-state index contributed by atoms with van der Waals surface area (Å²) >= 11 is 0. The van der Waals surface area contributed by atoms with Gasteiger partial charge in [-0.2, -0.15) is 5.48 Å². The highest BCUT2D eigenvalue weighted by Crippen LogP contribution is 1.77. The number of hydrogen-bond donors (Lipinski definition) is 3. The van der Waals surface area contributed by atoms with Crippen molar-refractivity contribution in [2.75, 3.05) is 0 Å². The molecule has 4 N–H and O–H groups in total. The molecule has 52 valence electrons. The van der Waals surface area contributed by atoms with Crippen LogP contribution in [-0.2, 0) is 9.63 Å². The van der Waals surface area contributed by atoms with Gasteiger partial charge in [0.15, 0.2) is 0 Å². The predicted molar refractivity (Wildman–Crippen MR) is 31.4 cm³/mol. The van der Waals surface area contributed by atoms with Gasteiger partial charge in [-0.05, 0) is 0 Å². The van der Waals surface area contributed by atoms with Crippen LogP contribution in [0.5, 0.6) is 0 Å². The number of hydroxylamine groups is 1. The summed E-state index contributed by atoms with van der Waals surface area (Å²) in [6.45, 7) is 1.64. The number of hydrogen-bond acceptors (Lipinski definition) is 3. The smallest absolute Gasteiger partial charge is 0.331 e. The Bertz CT molecular complexity index is 123. The van der Waals surface area contributed by atoms with Gasteiger partial charge in [-0.25, -0.2) is 4.79 Å². The third-order valence-electron chi connectivity index (χ3n) is 0.563. The van der Waals surface area contributed by atoms with E-state index in [9.17, 15) is 4.79 Å². The first-order valence-corrected chi connectivity index (χ1v) is 2.46. The Morgan fingerprint density at radius 2 is 2.44 bits per heavy atom. The van der Waals surface area contributed by atoms with E-state index in [1.807, 2.05) is 5.48 Å². The third kappa shape index (κ3) is 4.60. The highest BCUT2D eigenvalue weighted by molar-refractivity contribution is 5.76. The molecule has 0 unspecified atom stereocenters. The summed E-state index contributed by atoms with van der Waals surface area (Å²) in [7, 11) is 0. The van der Waals surface area contributed by atoms with E-state index in [2.05, 4.69) is 4.84 Å². The van der Waals surface area contributed by atoms with Gasteiger partial charge < -0.3 is 10.6 Å². The maximum atomic E-state index is 10.3. The van der Waals surface area contributed by atoms with Crippen LogP contribution in [0.3, 0.4) is 0 Å². The number of nitrogens with two attached hydrogens (primary N) is 1. The number of nitrogens with one attached hydrogen (secondary N) is 2. The summed E-state index contributed by atoms with van der Waals surface area (Å²) in [5.41, 5.74) is 6.70. The molecular weight excluding hydrogens is 122 g/mol. The number of carbonyl (C=O) groups excluding carboxylic acids is 1. The van der Waals surface area contributed by atoms with Crippen molar-refractivity contribution in [1.29, 1.82) is 5.41 Å². The molecule has 0 rings (SSSR count). The summed E-state index contributed by atoms with van der Waals surface area (Å²) in [6, 6.07) is 0. The van der Waals surface area contributed by atoms with Gasteiger partial charge in [0.2, 0.25) is 5.96 Å². The highest BCUT2D eigenvalue weighted by atomic mass is 16.7. The molecule has 0 aliphatic carbocycles. The Morgan fingerprint density at radius 3 is 2.78 bits per heavy atom. The molecule has 0 atom stereocenters. The van der Waals surface area contributed by atoms with E-state index in [0.29, 0.717) is 0 Å². The van der Waals surface area contributed by atoms with Crippen LogP contribution in [0, 0.1) is 5.41 Å². The SMILES string of the molecule is CCC(=O)ONC(=N)N. The van der Waals surface area contributed by atoms with Gasteiger partial charge in [-0.15, -0.1) is 0 Å². The minimum atomic E-state index is -0.440. The fourth-order valence-corrected chi connectivity index (χ4v) is 0.184.